The first kappa shape index (κ1) is 13.2. The van der Waals surface area contributed by atoms with E-state index >= 15 is 0 Å². The minimum absolute atomic E-state index is 0.289. The van der Waals surface area contributed by atoms with Crippen LogP contribution < -0.4 is 0 Å². The lowest BCUT2D eigenvalue weighted by atomic mass is 10.1. The van der Waals surface area contributed by atoms with Crippen molar-refractivity contribution in [3.63, 3.8) is 0 Å². The van der Waals surface area contributed by atoms with E-state index in [-0.39, 0.29) is 5.97 Å². The summed E-state index contributed by atoms with van der Waals surface area (Å²) in [7, 11) is 0. The molecule has 0 spiro atoms. The number of esters is 1. The molecule has 0 aromatic carbocycles. The fourth-order valence-electron chi connectivity index (χ4n) is 1.97. The first-order valence-corrected chi connectivity index (χ1v) is 7.07. The summed E-state index contributed by atoms with van der Waals surface area (Å²) in [6, 6.07) is 1.84. The Labute approximate surface area is 123 Å². The van der Waals surface area contributed by atoms with Crippen LogP contribution in [0.25, 0.3) is 11.4 Å². The number of nitrogens with zero attached hydrogens (tertiary/aromatic N) is 3. The average Bonchev–Trinajstić information content (AvgIpc) is 3.10. The fraction of sp³-hybridized carbons (Fsp3) is 0.385. The SMILES string of the molecule is CCOC(=O)C1(c2nc(-c3cncc(Br)c3)no2)CC1. The van der Waals surface area contributed by atoms with E-state index in [9.17, 15) is 4.79 Å². The molecule has 7 heteroatoms. The van der Waals surface area contributed by atoms with Crippen LogP contribution in [0.5, 0.6) is 0 Å². The molecule has 1 aliphatic carbocycles. The smallest absolute Gasteiger partial charge is 0.321 e. The number of ether oxygens (including phenoxy) is 1. The quantitative estimate of drug-likeness (QED) is 0.797. The van der Waals surface area contributed by atoms with Crippen LogP contribution in [0, 0.1) is 0 Å². The monoisotopic (exact) mass is 337 g/mol. The molecule has 0 aliphatic heterocycles. The summed E-state index contributed by atoms with van der Waals surface area (Å²) >= 11 is 3.34. The number of carbonyl (C=O) groups excluding carboxylic acids is 1. The Kier molecular flexibility index (Phi) is 3.29. The van der Waals surface area contributed by atoms with Crippen molar-refractivity contribution in [1.82, 2.24) is 15.1 Å². The lowest BCUT2D eigenvalue weighted by Gasteiger charge is -2.07. The summed E-state index contributed by atoms with van der Waals surface area (Å²) in [6.07, 6.45) is 4.68. The van der Waals surface area contributed by atoms with E-state index in [0.717, 1.165) is 10.0 Å². The maximum Gasteiger partial charge on any atom is 0.321 e. The first-order valence-electron chi connectivity index (χ1n) is 6.28. The number of hydrogen-bond donors (Lipinski definition) is 0. The van der Waals surface area contributed by atoms with E-state index in [4.69, 9.17) is 9.26 Å². The predicted molar refractivity (Wildman–Crippen MR) is 72.8 cm³/mol. The van der Waals surface area contributed by atoms with Crippen LogP contribution in [0.4, 0.5) is 0 Å². The van der Waals surface area contributed by atoms with Crippen LogP contribution >= 0.6 is 15.9 Å². The van der Waals surface area contributed by atoms with Gasteiger partial charge in [-0.2, -0.15) is 4.98 Å². The molecule has 0 saturated heterocycles. The van der Waals surface area contributed by atoms with Gasteiger partial charge in [0.15, 0.2) is 0 Å². The number of hydrogen-bond acceptors (Lipinski definition) is 6. The number of carbonyl (C=O) groups is 1. The molecule has 1 fully saturated rings. The Balaban J connectivity index is 1.89. The van der Waals surface area contributed by atoms with Crippen molar-refractivity contribution < 1.29 is 14.1 Å². The van der Waals surface area contributed by atoms with E-state index in [0.29, 0.717) is 31.2 Å². The van der Waals surface area contributed by atoms with Gasteiger partial charge in [-0.3, -0.25) is 9.78 Å². The number of halogens is 1. The molecule has 2 heterocycles. The summed E-state index contributed by atoms with van der Waals surface area (Å²) in [5.41, 5.74) is -0.00483. The summed E-state index contributed by atoms with van der Waals surface area (Å²) in [6.45, 7) is 2.12. The maximum atomic E-state index is 12.0. The third-order valence-electron chi connectivity index (χ3n) is 3.21. The van der Waals surface area contributed by atoms with E-state index < -0.39 is 5.41 Å². The highest BCUT2D eigenvalue weighted by Crippen LogP contribution is 2.48. The van der Waals surface area contributed by atoms with Crippen LogP contribution in [0.1, 0.15) is 25.7 Å². The standard InChI is InChI=1S/C13H12BrN3O3/c1-2-19-12(18)13(3-4-13)11-16-10(17-20-11)8-5-9(14)7-15-6-8/h5-7H,2-4H2,1H3. The van der Waals surface area contributed by atoms with E-state index in [1.807, 2.05) is 6.07 Å². The molecule has 20 heavy (non-hydrogen) atoms. The first-order chi connectivity index (χ1) is 9.65. The van der Waals surface area contributed by atoms with Crippen molar-refractivity contribution >= 4 is 21.9 Å². The van der Waals surface area contributed by atoms with Crippen molar-refractivity contribution in [1.29, 1.82) is 0 Å². The molecule has 0 radical (unpaired) electrons. The van der Waals surface area contributed by atoms with Crippen LogP contribution in [0.2, 0.25) is 0 Å². The van der Waals surface area contributed by atoms with Gasteiger partial charge in [-0.1, -0.05) is 5.16 Å². The zero-order valence-corrected chi connectivity index (χ0v) is 12.4. The van der Waals surface area contributed by atoms with Gasteiger partial charge in [-0.25, -0.2) is 0 Å². The molecule has 1 aliphatic rings. The molecule has 0 atom stereocenters. The number of pyridine rings is 1. The molecule has 1 saturated carbocycles. The minimum Gasteiger partial charge on any atom is -0.465 e. The molecule has 0 N–H and O–H groups in total. The maximum absolute atomic E-state index is 12.0. The number of rotatable bonds is 4. The van der Waals surface area contributed by atoms with Crippen molar-refractivity contribution in [3.05, 3.63) is 28.8 Å². The molecular formula is C13H12BrN3O3. The lowest BCUT2D eigenvalue weighted by molar-refractivity contribution is -0.146. The van der Waals surface area contributed by atoms with Crippen molar-refractivity contribution in [2.24, 2.45) is 0 Å². The van der Waals surface area contributed by atoms with Crippen LogP contribution in [0.15, 0.2) is 27.5 Å². The van der Waals surface area contributed by atoms with Gasteiger partial charge in [0, 0.05) is 22.4 Å². The molecule has 0 bridgehead atoms. The molecular weight excluding hydrogens is 326 g/mol. The second-order valence-electron chi connectivity index (χ2n) is 4.62. The zero-order chi connectivity index (χ0) is 14.2. The second kappa shape index (κ2) is 4.97. The molecule has 2 aromatic heterocycles. The molecule has 3 rings (SSSR count). The molecule has 0 amide bonds. The third kappa shape index (κ3) is 2.22. The summed E-state index contributed by atoms with van der Waals surface area (Å²) in [4.78, 5) is 20.3. The second-order valence-corrected chi connectivity index (χ2v) is 5.53. The highest BCUT2D eigenvalue weighted by molar-refractivity contribution is 9.10. The largest absolute Gasteiger partial charge is 0.465 e. The van der Waals surface area contributed by atoms with Crippen molar-refractivity contribution in [3.8, 4) is 11.4 Å². The summed E-state index contributed by atoms with van der Waals surface area (Å²) in [5.74, 6) is 0.456. The average molecular weight is 338 g/mol. The zero-order valence-electron chi connectivity index (χ0n) is 10.8. The van der Waals surface area contributed by atoms with Gasteiger partial charge in [-0.15, -0.1) is 0 Å². The Bertz CT molecular complexity index is 652. The highest BCUT2D eigenvalue weighted by atomic mass is 79.9. The van der Waals surface area contributed by atoms with Gasteiger partial charge in [0.2, 0.25) is 11.7 Å². The van der Waals surface area contributed by atoms with E-state index in [1.54, 1.807) is 19.3 Å². The normalized spacial score (nSPS) is 15.9. The minimum atomic E-state index is -0.735. The van der Waals surface area contributed by atoms with Crippen LogP contribution in [0.3, 0.4) is 0 Å². The Morgan fingerprint density at radius 3 is 2.95 bits per heavy atom. The van der Waals surface area contributed by atoms with Gasteiger partial charge in [0.25, 0.3) is 0 Å². The molecule has 104 valence electrons. The summed E-state index contributed by atoms with van der Waals surface area (Å²) in [5, 5.41) is 3.92. The number of aromatic nitrogens is 3. The van der Waals surface area contributed by atoms with Crippen LogP contribution in [-0.4, -0.2) is 27.7 Å². The molecule has 0 unspecified atom stereocenters. The third-order valence-corrected chi connectivity index (χ3v) is 3.65. The molecule has 2 aromatic rings. The van der Waals surface area contributed by atoms with Crippen molar-refractivity contribution in [2.75, 3.05) is 6.61 Å². The Hall–Kier alpha value is -1.76. The molecule has 6 nitrogen and oxygen atoms in total. The van der Waals surface area contributed by atoms with Crippen LogP contribution in [-0.2, 0) is 14.9 Å². The lowest BCUT2D eigenvalue weighted by Crippen LogP contribution is -2.23. The van der Waals surface area contributed by atoms with Gasteiger partial charge >= 0.3 is 5.97 Å². The summed E-state index contributed by atoms with van der Waals surface area (Å²) < 4.78 is 11.1. The van der Waals surface area contributed by atoms with Gasteiger partial charge < -0.3 is 9.26 Å². The topological polar surface area (TPSA) is 78.1 Å². The van der Waals surface area contributed by atoms with Gasteiger partial charge in [-0.05, 0) is 41.8 Å². The van der Waals surface area contributed by atoms with Gasteiger partial charge in [0.05, 0.1) is 6.61 Å². The Morgan fingerprint density at radius 1 is 1.50 bits per heavy atom. The Morgan fingerprint density at radius 2 is 2.30 bits per heavy atom. The fourth-order valence-corrected chi connectivity index (χ4v) is 2.33. The van der Waals surface area contributed by atoms with Gasteiger partial charge in [0.1, 0.15) is 5.41 Å². The highest BCUT2D eigenvalue weighted by Gasteiger charge is 2.57. The van der Waals surface area contributed by atoms with Crippen molar-refractivity contribution in [2.45, 2.75) is 25.2 Å². The van der Waals surface area contributed by atoms with E-state index in [2.05, 4.69) is 31.1 Å². The predicted octanol–water partition coefficient (Wildman–Crippen LogP) is 2.49. The van der Waals surface area contributed by atoms with E-state index in [1.165, 1.54) is 0 Å².